The molecule has 0 fully saturated rings. The Morgan fingerprint density at radius 1 is 1.00 bits per heavy atom. The van der Waals surface area contributed by atoms with Crippen molar-refractivity contribution >= 4 is 12.0 Å². The molecule has 0 atom stereocenters. The molecule has 0 radical (unpaired) electrons. The normalized spacial score (nSPS) is 10.8. The lowest BCUT2D eigenvalue weighted by molar-refractivity contribution is -0.123. The van der Waals surface area contributed by atoms with Crippen molar-refractivity contribution in [3.63, 3.8) is 0 Å². The maximum atomic E-state index is 11.7. The average Bonchev–Trinajstić information content (AvgIpc) is 2.48. The van der Waals surface area contributed by atoms with E-state index >= 15 is 0 Å². The lowest BCUT2D eigenvalue weighted by Gasteiger charge is -2.09. The Kier molecular flexibility index (Phi) is 4.94. The van der Waals surface area contributed by atoms with Crippen LogP contribution in [0.25, 0.3) is 6.08 Å². The molecule has 0 saturated heterocycles. The number of nitrogens with zero attached hydrogens (tertiary/aromatic N) is 1. The van der Waals surface area contributed by atoms with Gasteiger partial charge >= 0.3 is 0 Å². The van der Waals surface area contributed by atoms with Crippen molar-refractivity contribution in [1.29, 1.82) is 0 Å². The van der Waals surface area contributed by atoms with Crippen molar-refractivity contribution in [1.82, 2.24) is 4.90 Å². The van der Waals surface area contributed by atoms with Gasteiger partial charge in [-0.2, -0.15) is 0 Å². The summed E-state index contributed by atoms with van der Waals surface area (Å²) < 4.78 is 0. The van der Waals surface area contributed by atoms with Gasteiger partial charge in [0, 0.05) is 20.2 Å². The molecular formula is C19H21NO. The molecule has 21 heavy (non-hydrogen) atoms. The van der Waals surface area contributed by atoms with Crippen molar-refractivity contribution in [3.05, 3.63) is 76.9 Å². The molecule has 2 aromatic carbocycles. The van der Waals surface area contributed by atoms with Crippen LogP contribution in [-0.4, -0.2) is 24.9 Å². The summed E-state index contributed by atoms with van der Waals surface area (Å²) in [5.41, 5.74) is 4.93. The molecule has 1 amide bonds. The van der Waals surface area contributed by atoms with E-state index in [1.54, 1.807) is 25.1 Å². The largest absolute Gasteiger partial charge is 0.345 e. The molecule has 2 aromatic rings. The maximum Gasteiger partial charge on any atom is 0.246 e. The van der Waals surface area contributed by atoms with Crippen molar-refractivity contribution in [2.24, 2.45) is 0 Å². The number of hydrogen-bond acceptors (Lipinski definition) is 1. The Bertz CT molecular complexity index is 656. The van der Waals surface area contributed by atoms with Crippen molar-refractivity contribution in [3.8, 4) is 0 Å². The Morgan fingerprint density at radius 3 is 2.29 bits per heavy atom. The summed E-state index contributed by atoms with van der Waals surface area (Å²) in [6.45, 7) is 2.13. The van der Waals surface area contributed by atoms with Crippen LogP contribution in [0.15, 0.2) is 54.6 Å². The fourth-order valence-corrected chi connectivity index (χ4v) is 2.18. The van der Waals surface area contributed by atoms with Gasteiger partial charge in [-0.3, -0.25) is 4.79 Å². The molecule has 0 aliphatic carbocycles. The first-order valence-electron chi connectivity index (χ1n) is 7.09. The molecule has 0 aliphatic rings. The molecule has 0 aromatic heterocycles. The van der Waals surface area contributed by atoms with E-state index in [-0.39, 0.29) is 5.91 Å². The summed E-state index contributed by atoms with van der Waals surface area (Å²) in [4.78, 5) is 13.2. The second-order valence-corrected chi connectivity index (χ2v) is 5.37. The smallest absolute Gasteiger partial charge is 0.246 e. The van der Waals surface area contributed by atoms with E-state index in [2.05, 4.69) is 37.3 Å². The summed E-state index contributed by atoms with van der Waals surface area (Å²) in [6.07, 6.45) is 4.40. The van der Waals surface area contributed by atoms with Crippen LogP contribution in [0.4, 0.5) is 0 Å². The van der Waals surface area contributed by atoms with Crippen LogP contribution in [0.3, 0.4) is 0 Å². The Morgan fingerprint density at radius 2 is 1.62 bits per heavy atom. The third-order valence-corrected chi connectivity index (χ3v) is 3.54. The van der Waals surface area contributed by atoms with Gasteiger partial charge in [0.25, 0.3) is 0 Å². The number of aryl methyl sites for hydroxylation is 1. The molecule has 0 heterocycles. The van der Waals surface area contributed by atoms with Gasteiger partial charge < -0.3 is 4.90 Å². The molecule has 0 bridgehead atoms. The topological polar surface area (TPSA) is 20.3 Å². The highest BCUT2D eigenvalue weighted by molar-refractivity contribution is 5.91. The molecule has 0 N–H and O–H groups in total. The van der Waals surface area contributed by atoms with Gasteiger partial charge in [0.2, 0.25) is 5.91 Å². The Hall–Kier alpha value is -2.35. The van der Waals surface area contributed by atoms with Gasteiger partial charge in [0.05, 0.1) is 0 Å². The molecule has 108 valence electrons. The Balaban J connectivity index is 2.25. The highest BCUT2D eigenvalue weighted by Gasteiger charge is 2.04. The third-order valence-electron chi connectivity index (χ3n) is 3.54. The first kappa shape index (κ1) is 15.0. The number of rotatable bonds is 4. The van der Waals surface area contributed by atoms with Crippen molar-refractivity contribution in [2.45, 2.75) is 13.3 Å². The number of benzene rings is 2. The molecule has 2 heteroatoms. The van der Waals surface area contributed by atoms with Gasteiger partial charge in [0.15, 0.2) is 0 Å². The monoisotopic (exact) mass is 279 g/mol. The summed E-state index contributed by atoms with van der Waals surface area (Å²) in [7, 11) is 3.51. The third kappa shape index (κ3) is 4.06. The second kappa shape index (κ2) is 6.89. The highest BCUT2D eigenvalue weighted by Crippen LogP contribution is 2.18. The lowest BCUT2D eigenvalue weighted by atomic mass is 9.97. The number of carbonyl (C=O) groups excluding carboxylic acids is 1. The summed E-state index contributed by atoms with van der Waals surface area (Å²) >= 11 is 0. The van der Waals surface area contributed by atoms with E-state index in [0.717, 1.165) is 12.0 Å². The quantitative estimate of drug-likeness (QED) is 0.782. The highest BCUT2D eigenvalue weighted by atomic mass is 16.2. The van der Waals surface area contributed by atoms with E-state index in [4.69, 9.17) is 0 Å². The molecular weight excluding hydrogens is 258 g/mol. The van der Waals surface area contributed by atoms with Gasteiger partial charge in [-0.05, 0) is 41.7 Å². The van der Waals surface area contributed by atoms with Gasteiger partial charge in [-0.1, -0.05) is 48.5 Å². The van der Waals surface area contributed by atoms with Gasteiger partial charge in [0.1, 0.15) is 0 Å². The molecule has 0 saturated carbocycles. The molecule has 2 rings (SSSR count). The second-order valence-electron chi connectivity index (χ2n) is 5.37. The van der Waals surface area contributed by atoms with Crippen LogP contribution in [-0.2, 0) is 11.2 Å². The van der Waals surface area contributed by atoms with Crippen LogP contribution in [0.2, 0.25) is 0 Å². The predicted octanol–water partition coefficient (Wildman–Crippen LogP) is 3.69. The molecule has 0 spiro atoms. The van der Waals surface area contributed by atoms with E-state index in [0.29, 0.717) is 0 Å². The fraction of sp³-hybridized carbons (Fsp3) is 0.211. The van der Waals surface area contributed by atoms with E-state index in [1.807, 2.05) is 24.3 Å². The SMILES string of the molecule is Cc1ccccc1Cc1ccccc1/C=C/C(=O)N(C)C. The molecule has 0 aliphatic heterocycles. The minimum atomic E-state index is 0.000643. The summed E-state index contributed by atoms with van der Waals surface area (Å²) in [5, 5.41) is 0. The minimum Gasteiger partial charge on any atom is -0.345 e. The molecule has 0 unspecified atom stereocenters. The zero-order valence-corrected chi connectivity index (χ0v) is 12.8. The Labute approximate surface area is 126 Å². The average molecular weight is 279 g/mol. The lowest BCUT2D eigenvalue weighted by Crippen LogP contribution is -2.18. The standard InChI is InChI=1S/C19H21NO/c1-15-8-4-5-10-17(15)14-18-11-7-6-9-16(18)12-13-19(21)20(2)3/h4-13H,14H2,1-3H3/b13-12+. The van der Waals surface area contributed by atoms with Crippen LogP contribution in [0, 0.1) is 6.92 Å². The first-order chi connectivity index (χ1) is 10.1. The maximum absolute atomic E-state index is 11.7. The van der Waals surface area contributed by atoms with E-state index < -0.39 is 0 Å². The summed E-state index contributed by atoms with van der Waals surface area (Å²) in [5.74, 6) is 0.000643. The number of likely N-dealkylation sites (N-methyl/N-ethyl adjacent to an activating group) is 1. The zero-order chi connectivity index (χ0) is 15.2. The van der Waals surface area contributed by atoms with E-state index in [9.17, 15) is 4.79 Å². The minimum absolute atomic E-state index is 0.000643. The van der Waals surface area contributed by atoms with Crippen LogP contribution in [0.5, 0.6) is 0 Å². The summed E-state index contributed by atoms with van der Waals surface area (Å²) in [6, 6.07) is 16.6. The van der Waals surface area contributed by atoms with Crippen molar-refractivity contribution in [2.75, 3.05) is 14.1 Å². The van der Waals surface area contributed by atoms with Crippen LogP contribution < -0.4 is 0 Å². The van der Waals surface area contributed by atoms with Gasteiger partial charge in [-0.15, -0.1) is 0 Å². The fourth-order valence-electron chi connectivity index (χ4n) is 2.18. The first-order valence-corrected chi connectivity index (χ1v) is 7.09. The zero-order valence-electron chi connectivity index (χ0n) is 12.8. The predicted molar refractivity (Wildman–Crippen MR) is 88.2 cm³/mol. The van der Waals surface area contributed by atoms with Crippen molar-refractivity contribution < 1.29 is 4.79 Å². The van der Waals surface area contributed by atoms with E-state index in [1.165, 1.54) is 16.7 Å². The van der Waals surface area contributed by atoms with Gasteiger partial charge in [-0.25, -0.2) is 0 Å². The number of amides is 1. The number of carbonyl (C=O) groups is 1. The molecule has 2 nitrogen and oxygen atoms in total. The number of hydrogen-bond donors (Lipinski definition) is 0. The van der Waals surface area contributed by atoms with Crippen LogP contribution in [0.1, 0.15) is 22.3 Å². The van der Waals surface area contributed by atoms with Crippen LogP contribution >= 0.6 is 0 Å².